The van der Waals surface area contributed by atoms with E-state index < -0.39 is 23.9 Å². The minimum Gasteiger partial charge on any atom is -0.480 e. The lowest BCUT2D eigenvalue weighted by atomic mass is 10.1. The SMILES string of the molecule is COc1nsc(CNC(CCc2cn[nH]c2C(F)(F)F)C(=O)O)c1Br. The Labute approximate surface area is 152 Å². The van der Waals surface area contributed by atoms with Crippen molar-refractivity contribution in [1.29, 1.82) is 0 Å². The predicted octanol–water partition coefficient (Wildman–Crippen LogP) is 2.83. The molecule has 0 aliphatic heterocycles. The van der Waals surface area contributed by atoms with Crippen molar-refractivity contribution in [3.8, 4) is 5.88 Å². The number of carboxylic acids is 1. The number of alkyl halides is 3. The first-order valence-electron chi connectivity index (χ1n) is 6.97. The molecule has 25 heavy (non-hydrogen) atoms. The maximum absolute atomic E-state index is 12.8. The number of halogens is 4. The second-order valence-electron chi connectivity index (χ2n) is 5.01. The molecule has 0 spiro atoms. The third kappa shape index (κ3) is 4.92. The third-order valence-electron chi connectivity index (χ3n) is 3.38. The van der Waals surface area contributed by atoms with Crippen LogP contribution in [0.5, 0.6) is 5.88 Å². The number of carbonyl (C=O) groups is 1. The van der Waals surface area contributed by atoms with Crippen molar-refractivity contribution in [2.75, 3.05) is 7.11 Å². The van der Waals surface area contributed by atoms with Crippen molar-refractivity contribution < 1.29 is 27.8 Å². The summed E-state index contributed by atoms with van der Waals surface area (Å²) in [6.45, 7) is 0.191. The van der Waals surface area contributed by atoms with Crippen LogP contribution in [-0.4, -0.2) is 38.8 Å². The van der Waals surface area contributed by atoms with Gasteiger partial charge in [0.1, 0.15) is 11.7 Å². The van der Waals surface area contributed by atoms with Crippen molar-refractivity contribution >= 4 is 33.4 Å². The molecule has 0 saturated heterocycles. The zero-order valence-electron chi connectivity index (χ0n) is 12.9. The molecule has 0 aromatic carbocycles. The number of carboxylic acid groups (broad SMARTS) is 1. The molecule has 1 unspecified atom stereocenters. The molecule has 2 heterocycles. The highest BCUT2D eigenvalue weighted by Crippen LogP contribution is 2.32. The van der Waals surface area contributed by atoms with Gasteiger partial charge < -0.3 is 9.84 Å². The van der Waals surface area contributed by atoms with Gasteiger partial charge in [0.05, 0.1) is 22.7 Å². The van der Waals surface area contributed by atoms with Crippen molar-refractivity contribution in [2.45, 2.75) is 31.6 Å². The number of aliphatic carboxylic acids is 1. The number of hydrogen-bond acceptors (Lipinski definition) is 6. The number of rotatable bonds is 8. The van der Waals surface area contributed by atoms with E-state index in [0.717, 1.165) is 22.6 Å². The highest BCUT2D eigenvalue weighted by Gasteiger charge is 2.35. The summed E-state index contributed by atoms with van der Waals surface area (Å²) < 4.78 is 48.0. The van der Waals surface area contributed by atoms with E-state index in [0.29, 0.717) is 10.4 Å². The second-order valence-corrected chi connectivity index (χ2v) is 6.66. The van der Waals surface area contributed by atoms with Crippen LogP contribution in [0.25, 0.3) is 0 Å². The lowest BCUT2D eigenvalue weighted by molar-refractivity contribution is -0.141. The van der Waals surface area contributed by atoms with Crippen LogP contribution in [0.15, 0.2) is 10.7 Å². The molecule has 12 heteroatoms. The average Bonchev–Trinajstić information content (AvgIpc) is 3.13. The van der Waals surface area contributed by atoms with Gasteiger partial charge in [0, 0.05) is 12.1 Å². The monoisotopic (exact) mass is 442 g/mol. The molecular formula is C13H14BrF3N4O3S. The molecule has 0 bridgehead atoms. The van der Waals surface area contributed by atoms with Gasteiger partial charge >= 0.3 is 12.1 Å². The van der Waals surface area contributed by atoms with Crippen LogP contribution in [0.1, 0.15) is 22.6 Å². The largest absolute Gasteiger partial charge is 0.480 e. The summed E-state index contributed by atoms with van der Waals surface area (Å²) in [6, 6.07) is -1.02. The Morgan fingerprint density at radius 1 is 1.56 bits per heavy atom. The summed E-state index contributed by atoms with van der Waals surface area (Å²) in [7, 11) is 1.46. The van der Waals surface area contributed by atoms with E-state index in [-0.39, 0.29) is 24.9 Å². The fourth-order valence-electron chi connectivity index (χ4n) is 2.11. The van der Waals surface area contributed by atoms with E-state index in [4.69, 9.17) is 4.74 Å². The molecule has 0 amide bonds. The van der Waals surface area contributed by atoms with Gasteiger partial charge in [0.25, 0.3) is 0 Å². The number of ether oxygens (including phenoxy) is 1. The Kier molecular flexibility index (Phi) is 6.41. The lowest BCUT2D eigenvalue weighted by Gasteiger charge is -2.14. The van der Waals surface area contributed by atoms with E-state index in [1.165, 1.54) is 7.11 Å². The van der Waals surface area contributed by atoms with Crippen LogP contribution >= 0.6 is 27.5 Å². The Hall–Kier alpha value is -1.66. The molecule has 1 atom stereocenters. The molecule has 2 rings (SSSR count). The van der Waals surface area contributed by atoms with Crippen molar-refractivity contribution in [2.24, 2.45) is 0 Å². The van der Waals surface area contributed by atoms with Gasteiger partial charge in [-0.25, -0.2) is 0 Å². The summed E-state index contributed by atoms with van der Waals surface area (Å²) in [4.78, 5) is 12.1. The molecular weight excluding hydrogens is 429 g/mol. The third-order valence-corrected chi connectivity index (χ3v) is 5.28. The van der Waals surface area contributed by atoms with Crippen LogP contribution in [0, 0.1) is 0 Å². The average molecular weight is 443 g/mol. The first kappa shape index (κ1) is 19.7. The standard InChI is InChI=1S/C13H14BrF3N4O3S/c1-24-11-9(14)8(25-21-11)5-18-7(12(22)23)3-2-6-4-19-20-10(6)13(15,16)17/h4,7,18H,2-3,5H2,1H3,(H,19,20)(H,22,23). The van der Waals surface area contributed by atoms with Crippen LogP contribution in [0.3, 0.4) is 0 Å². The summed E-state index contributed by atoms with van der Waals surface area (Å²) in [5.74, 6) is -0.758. The van der Waals surface area contributed by atoms with Gasteiger partial charge in [-0.05, 0) is 40.3 Å². The molecule has 0 aliphatic rings. The Morgan fingerprint density at radius 3 is 2.84 bits per heavy atom. The first-order valence-corrected chi connectivity index (χ1v) is 8.54. The fraction of sp³-hybridized carbons (Fsp3) is 0.462. The predicted molar refractivity (Wildman–Crippen MR) is 86.5 cm³/mol. The molecule has 2 aromatic rings. The summed E-state index contributed by atoms with van der Waals surface area (Å²) in [5.41, 5.74) is -1.02. The highest BCUT2D eigenvalue weighted by atomic mass is 79.9. The molecule has 3 N–H and O–H groups in total. The van der Waals surface area contributed by atoms with E-state index in [1.807, 2.05) is 5.10 Å². The number of H-pyrrole nitrogens is 1. The second kappa shape index (κ2) is 8.15. The Balaban J connectivity index is 1.99. The quantitative estimate of drug-likeness (QED) is 0.581. The van der Waals surface area contributed by atoms with Crippen LogP contribution in [0.2, 0.25) is 0 Å². The minimum absolute atomic E-state index is 0.0223. The maximum Gasteiger partial charge on any atom is 0.433 e. The van der Waals surface area contributed by atoms with Crippen molar-refractivity contribution in [3.05, 3.63) is 26.8 Å². The van der Waals surface area contributed by atoms with E-state index in [2.05, 4.69) is 30.7 Å². The summed E-state index contributed by atoms with van der Waals surface area (Å²) in [6.07, 6.45) is -3.59. The number of aromatic nitrogens is 3. The zero-order valence-corrected chi connectivity index (χ0v) is 15.3. The maximum atomic E-state index is 12.8. The fourth-order valence-corrected chi connectivity index (χ4v) is 3.51. The molecule has 0 saturated carbocycles. The molecule has 0 fully saturated rings. The van der Waals surface area contributed by atoms with Gasteiger partial charge in [0.2, 0.25) is 5.88 Å². The van der Waals surface area contributed by atoms with Gasteiger partial charge in [0.15, 0.2) is 0 Å². The number of nitrogens with one attached hydrogen (secondary N) is 2. The zero-order chi connectivity index (χ0) is 18.6. The van der Waals surface area contributed by atoms with Crippen LogP contribution in [0.4, 0.5) is 13.2 Å². The molecule has 0 radical (unpaired) electrons. The highest BCUT2D eigenvalue weighted by molar-refractivity contribution is 9.10. The number of nitrogens with zero attached hydrogens (tertiary/aromatic N) is 2. The van der Waals surface area contributed by atoms with Gasteiger partial charge in [-0.3, -0.25) is 15.2 Å². The van der Waals surface area contributed by atoms with E-state index >= 15 is 0 Å². The molecule has 7 nitrogen and oxygen atoms in total. The number of aryl methyl sites for hydroxylation is 1. The van der Waals surface area contributed by atoms with E-state index in [1.54, 1.807) is 0 Å². The molecule has 0 aliphatic carbocycles. The minimum atomic E-state index is -4.55. The normalized spacial score (nSPS) is 13.0. The summed E-state index contributed by atoms with van der Waals surface area (Å²) in [5, 5.41) is 17.4. The van der Waals surface area contributed by atoms with Crippen molar-refractivity contribution in [3.63, 3.8) is 0 Å². The molecule has 2 aromatic heterocycles. The first-order chi connectivity index (χ1) is 11.7. The number of methoxy groups -OCH3 is 1. The smallest absolute Gasteiger partial charge is 0.433 e. The lowest BCUT2D eigenvalue weighted by Crippen LogP contribution is -2.36. The van der Waals surface area contributed by atoms with Gasteiger partial charge in [-0.2, -0.15) is 22.6 Å². The summed E-state index contributed by atoms with van der Waals surface area (Å²) >= 11 is 4.43. The van der Waals surface area contributed by atoms with Crippen LogP contribution in [-0.2, 0) is 23.9 Å². The van der Waals surface area contributed by atoms with Crippen LogP contribution < -0.4 is 10.1 Å². The molecule has 138 valence electrons. The Bertz CT molecular complexity index is 734. The Morgan fingerprint density at radius 2 is 2.28 bits per heavy atom. The van der Waals surface area contributed by atoms with E-state index in [9.17, 15) is 23.1 Å². The van der Waals surface area contributed by atoms with Crippen molar-refractivity contribution in [1.82, 2.24) is 19.9 Å². The van der Waals surface area contributed by atoms with Gasteiger partial charge in [-0.1, -0.05) is 0 Å². The number of aromatic amines is 1. The topological polar surface area (TPSA) is 100 Å². The van der Waals surface area contributed by atoms with Gasteiger partial charge in [-0.15, -0.1) is 0 Å². The number of hydrogen-bond donors (Lipinski definition) is 3.